The number of carbonyl (C=O) groups is 2. The third kappa shape index (κ3) is 3.29. The van der Waals surface area contributed by atoms with Gasteiger partial charge in [-0.25, -0.2) is 0 Å². The van der Waals surface area contributed by atoms with Gasteiger partial charge >= 0.3 is 0 Å². The summed E-state index contributed by atoms with van der Waals surface area (Å²) in [6.07, 6.45) is 0.487. The molecule has 1 aromatic rings. The molecule has 1 atom stereocenters. The summed E-state index contributed by atoms with van der Waals surface area (Å²) in [5.41, 5.74) is 1.73. The maximum Gasteiger partial charge on any atom is 0.227 e. The van der Waals surface area contributed by atoms with Gasteiger partial charge < -0.3 is 10.0 Å². The van der Waals surface area contributed by atoms with Gasteiger partial charge in [-0.05, 0) is 36.6 Å². The van der Waals surface area contributed by atoms with Crippen molar-refractivity contribution in [3.63, 3.8) is 0 Å². The molecule has 0 radical (unpaired) electrons. The van der Waals surface area contributed by atoms with Crippen molar-refractivity contribution >= 4 is 28.5 Å². The number of amides is 1. The number of aryl methyl sites for hydroxylation is 1. The molecule has 0 aromatic heterocycles. The lowest BCUT2D eigenvalue weighted by Gasteiger charge is -2.19. The number of hydrogen-bond donors (Lipinski definition) is 1. The zero-order chi connectivity index (χ0) is 14.0. The summed E-state index contributed by atoms with van der Waals surface area (Å²) in [6, 6.07) is 5.01. The van der Waals surface area contributed by atoms with Crippen LogP contribution in [0.3, 0.4) is 0 Å². The Balaban J connectivity index is 2.09. The van der Waals surface area contributed by atoms with Crippen LogP contribution < -0.4 is 4.90 Å². The van der Waals surface area contributed by atoms with Crippen molar-refractivity contribution in [1.29, 1.82) is 0 Å². The largest absolute Gasteiger partial charge is 0.508 e. The van der Waals surface area contributed by atoms with Crippen LogP contribution in [0.4, 0.5) is 5.69 Å². The molecule has 1 N–H and O–H groups in total. The Labute approximate surface area is 116 Å². The molecule has 1 heterocycles. The first kappa shape index (κ1) is 13.9. The molecule has 1 amide bonds. The summed E-state index contributed by atoms with van der Waals surface area (Å²) in [7, 11) is 0. The number of phenols is 1. The Hall–Kier alpha value is -1.49. The summed E-state index contributed by atoms with van der Waals surface area (Å²) >= 11 is 1.28. The fraction of sp³-hybridized carbons (Fsp3) is 0.429. The van der Waals surface area contributed by atoms with Gasteiger partial charge in [0.15, 0.2) is 5.12 Å². The SMILES string of the molecule is CC(=O)SCC1CC(=O)N(c2ccc(O)cc2C)C1. The van der Waals surface area contributed by atoms with Gasteiger partial charge in [0.25, 0.3) is 0 Å². The summed E-state index contributed by atoms with van der Waals surface area (Å²) in [5.74, 6) is 1.20. The van der Waals surface area contributed by atoms with Crippen molar-refractivity contribution in [2.24, 2.45) is 5.92 Å². The Morgan fingerprint density at radius 3 is 2.89 bits per heavy atom. The molecular weight excluding hydrogens is 262 g/mol. The lowest BCUT2D eigenvalue weighted by atomic mass is 10.1. The van der Waals surface area contributed by atoms with Crippen LogP contribution in [-0.2, 0) is 9.59 Å². The molecule has 1 saturated heterocycles. The molecule has 2 rings (SSSR count). The first-order chi connectivity index (χ1) is 8.97. The number of nitrogens with zero attached hydrogens (tertiary/aromatic N) is 1. The van der Waals surface area contributed by atoms with E-state index in [9.17, 15) is 14.7 Å². The molecule has 102 valence electrons. The molecular formula is C14H17NO3S. The van der Waals surface area contributed by atoms with Crippen molar-refractivity contribution < 1.29 is 14.7 Å². The second-order valence-electron chi connectivity index (χ2n) is 4.85. The van der Waals surface area contributed by atoms with Crippen molar-refractivity contribution in [3.8, 4) is 5.75 Å². The van der Waals surface area contributed by atoms with Gasteiger partial charge in [-0.2, -0.15) is 0 Å². The minimum absolute atomic E-state index is 0.0861. The van der Waals surface area contributed by atoms with Crippen molar-refractivity contribution in [1.82, 2.24) is 0 Å². The number of hydrogen-bond acceptors (Lipinski definition) is 4. The van der Waals surface area contributed by atoms with E-state index in [1.54, 1.807) is 30.0 Å². The number of phenolic OH excluding ortho intramolecular Hbond substituents is 1. The summed E-state index contributed by atoms with van der Waals surface area (Å²) in [4.78, 5) is 24.7. The molecule has 19 heavy (non-hydrogen) atoms. The van der Waals surface area contributed by atoms with Gasteiger partial charge in [-0.3, -0.25) is 9.59 Å². The van der Waals surface area contributed by atoms with Crippen LogP contribution >= 0.6 is 11.8 Å². The maximum atomic E-state index is 12.0. The highest BCUT2D eigenvalue weighted by molar-refractivity contribution is 8.13. The molecule has 1 aromatic carbocycles. The van der Waals surface area contributed by atoms with E-state index in [1.165, 1.54) is 11.8 Å². The molecule has 0 bridgehead atoms. The van der Waals surface area contributed by atoms with E-state index < -0.39 is 0 Å². The summed E-state index contributed by atoms with van der Waals surface area (Å²) in [6.45, 7) is 4.06. The third-order valence-corrected chi connectivity index (χ3v) is 4.24. The van der Waals surface area contributed by atoms with Crippen LogP contribution in [-0.4, -0.2) is 28.4 Å². The maximum absolute atomic E-state index is 12.0. The van der Waals surface area contributed by atoms with Gasteiger partial charge in [0.1, 0.15) is 5.75 Å². The number of benzene rings is 1. The van der Waals surface area contributed by atoms with E-state index in [4.69, 9.17) is 0 Å². The average molecular weight is 279 g/mol. The lowest BCUT2D eigenvalue weighted by molar-refractivity contribution is -0.117. The monoisotopic (exact) mass is 279 g/mol. The highest BCUT2D eigenvalue weighted by atomic mass is 32.2. The topological polar surface area (TPSA) is 57.6 Å². The number of aromatic hydroxyl groups is 1. The number of carbonyl (C=O) groups excluding carboxylic acids is 2. The van der Waals surface area contributed by atoms with Crippen LogP contribution in [0.5, 0.6) is 5.75 Å². The molecule has 1 aliphatic rings. The number of anilines is 1. The fourth-order valence-corrected chi connectivity index (χ4v) is 3.00. The lowest BCUT2D eigenvalue weighted by Crippen LogP contribution is -2.25. The van der Waals surface area contributed by atoms with Crippen LogP contribution in [0.25, 0.3) is 0 Å². The highest BCUT2D eigenvalue weighted by Crippen LogP contribution is 2.31. The zero-order valence-electron chi connectivity index (χ0n) is 11.0. The van der Waals surface area contributed by atoms with Crippen molar-refractivity contribution in [3.05, 3.63) is 23.8 Å². The van der Waals surface area contributed by atoms with Crippen LogP contribution in [0.1, 0.15) is 18.9 Å². The van der Waals surface area contributed by atoms with E-state index in [0.717, 1.165) is 11.3 Å². The Kier molecular flexibility index (Phi) is 4.14. The first-order valence-corrected chi connectivity index (χ1v) is 7.19. The number of rotatable bonds is 3. The van der Waals surface area contributed by atoms with E-state index >= 15 is 0 Å². The predicted octanol–water partition coefficient (Wildman–Crippen LogP) is 2.33. The van der Waals surface area contributed by atoms with Crippen molar-refractivity contribution in [2.45, 2.75) is 20.3 Å². The molecule has 4 nitrogen and oxygen atoms in total. The molecule has 5 heteroatoms. The van der Waals surface area contributed by atoms with Crippen LogP contribution in [0.2, 0.25) is 0 Å². The molecule has 0 saturated carbocycles. The summed E-state index contributed by atoms with van der Waals surface area (Å²) in [5, 5.41) is 9.49. The minimum atomic E-state index is 0.0861. The van der Waals surface area contributed by atoms with Gasteiger partial charge in [-0.15, -0.1) is 0 Å². The molecule has 1 unspecified atom stereocenters. The van der Waals surface area contributed by atoms with Gasteiger partial charge in [0.2, 0.25) is 5.91 Å². The molecule has 0 spiro atoms. The minimum Gasteiger partial charge on any atom is -0.508 e. The second kappa shape index (κ2) is 5.65. The zero-order valence-corrected chi connectivity index (χ0v) is 11.9. The second-order valence-corrected chi connectivity index (χ2v) is 6.04. The fourth-order valence-electron chi connectivity index (χ4n) is 2.30. The Bertz CT molecular complexity index is 515. The van der Waals surface area contributed by atoms with E-state index in [0.29, 0.717) is 18.7 Å². The van der Waals surface area contributed by atoms with Gasteiger partial charge in [0.05, 0.1) is 0 Å². The quantitative estimate of drug-likeness (QED) is 0.922. The molecule has 1 fully saturated rings. The van der Waals surface area contributed by atoms with Crippen LogP contribution in [0, 0.1) is 12.8 Å². The third-order valence-electron chi connectivity index (χ3n) is 3.20. The predicted molar refractivity (Wildman–Crippen MR) is 76.4 cm³/mol. The molecule has 1 aliphatic heterocycles. The standard InChI is InChI=1S/C14H17NO3S/c1-9-5-12(17)3-4-13(9)15-7-11(6-14(15)18)8-19-10(2)16/h3-5,11,17H,6-8H2,1-2H3. The smallest absolute Gasteiger partial charge is 0.227 e. The Morgan fingerprint density at radius 2 is 2.26 bits per heavy atom. The van der Waals surface area contributed by atoms with Gasteiger partial charge in [-0.1, -0.05) is 11.8 Å². The van der Waals surface area contributed by atoms with Crippen molar-refractivity contribution in [2.75, 3.05) is 17.2 Å². The van der Waals surface area contributed by atoms with Crippen LogP contribution in [0.15, 0.2) is 18.2 Å². The molecule has 0 aliphatic carbocycles. The number of thioether (sulfide) groups is 1. The Morgan fingerprint density at radius 1 is 1.53 bits per heavy atom. The normalized spacial score (nSPS) is 18.9. The average Bonchev–Trinajstić information content (AvgIpc) is 2.68. The van der Waals surface area contributed by atoms with E-state index in [1.807, 2.05) is 6.92 Å². The van der Waals surface area contributed by atoms with Gasteiger partial charge in [0, 0.05) is 31.3 Å². The van der Waals surface area contributed by atoms with E-state index in [2.05, 4.69) is 0 Å². The summed E-state index contributed by atoms with van der Waals surface area (Å²) < 4.78 is 0. The van der Waals surface area contributed by atoms with E-state index in [-0.39, 0.29) is 22.7 Å². The highest BCUT2D eigenvalue weighted by Gasteiger charge is 2.31. The first-order valence-electron chi connectivity index (χ1n) is 6.20.